The second-order valence-electron chi connectivity index (χ2n) is 5.53. The SMILES string of the molecule is Cc1ccccc1OCc1nc(C#N)c(NCCCn2ccnc2)o1. The van der Waals surface area contributed by atoms with Gasteiger partial charge in [-0.3, -0.25) is 0 Å². The Morgan fingerprint density at radius 2 is 2.24 bits per heavy atom. The van der Waals surface area contributed by atoms with E-state index in [1.54, 1.807) is 12.5 Å². The molecule has 0 aliphatic heterocycles. The van der Waals surface area contributed by atoms with E-state index >= 15 is 0 Å². The largest absolute Gasteiger partial charge is 0.484 e. The first kappa shape index (κ1) is 16.6. The normalized spacial score (nSPS) is 10.4. The quantitative estimate of drug-likeness (QED) is 0.635. The van der Waals surface area contributed by atoms with Crippen LogP contribution in [0.15, 0.2) is 47.4 Å². The summed E-state index contributed by atoms with van der Waals surface area (Å²) >= 11 is 0. The van der Waals surface area contributed by atoms with Gasteiger partial charge in [-0.1, -0.05) is 18.2 Å². The summed E-state index contributed by atoms with van der Waals surface area (Å²) in [7, 11) is 0. The highest BCUT2D eigenvalue weighted by atomic mass is 16.5. The molecule has 7 nitrogen and oxygen atoms in total. The van der Waals surface area contributed by atoms with Gasteiger partial charge in [0, 0.05) is 25.5 Å². The molecule has 3 rings (SSSR count). The Morgan fingerprint density at radius 1 is 1.36 bits per heavy atom. The van der Waals surface area contributed by atoms with E-state index in [0.29, 0.717) is 18.3 Å². The minimum atomic E-state index is 0.177. The second kappa shape index (κ2) is 8.02. The minimum Gasteiger partial charge on any atom is -0.484 e. The van der Waals surface area contributed by atoms with Gasteiger partial charge in [-0.15, -0.1) is 0 Å². The Hall–Kier alpha value is -3.27. The molecule has 0 amide bonds. The van der Waals surface area contributed by atoms with Crippen LogP contribution in [0.2, 0.25) is 0 Å². The molecule has 0 aliphatic carbocycles. The van der Waals surface area contributed by atoms with Gasteiger partial charge in [-0.2, -0.15) is 10.2 Å². The third-order valence-corrected chi connectivity index (χ3v) is 3.66. The van der Waals surface area contributed by atoms with Gasteiger partial charge < -0.3 is 19.0 Å². The Bertz CT molecular complexity index is 849. The fourth-order valence-corrected chi connectivity index (χ4v) is 2.36. The molecule has 0 radical (unpaired) electrons. The molecule has 3 aromatic rings. The van der Waals surface area contributed by atoms with Gasteiger partial charge in [-0.25, -0.2) is 4.98 Å². The minimum absolute atomic E-state index is 0.177. The van der Waals surface area contributed by atoms with Crippen molar-refractivity contribution in [3.8, 4) is 11.8 Å². The first-order valence-corrected chi connectivity index (χ1v) is 8.04. The van der Waals surface area contributed by atoms with Crippen LogP contribution >= 0.6 is 0 Å². The summed E-state index contributed by atoms with van der Waals surface area (Å²) in [5.74, 6) is 1.53. The number of hydrogen-bond donors (Lipinski definition) is 1. The lowest BCUT2D eigenvalue weighted by molar-refractivity contribution is 0.263. The molecule has 7 heteroatoms. The standard InChI is InChI=1S/C18H19N5O2/c1-14-5-2-3-6-16(14)24-12-17-22-15(11-19)18(25-17)21-7-4-9-23-10-8-20-13-23/h2-3,5-6,8,10,13,21H,4,7,9,12H2,1H3. The van der Waals surface area contributed by atoms with E-state index < -0.39 is 0 Å². The number of nitrogens with one attached hydrogen (secondary N) is 1. The maximum atomic E-state index is 9.20. The number of nitrogens with zero attached hydrogens (tertiary/aromatic N) is 4. The molecule has 25 heavy (non-hydrogen) atoms. The van der Waals surface area contributed by atoms with Gasteiger partial charge in [0.25, 0.3) is 0 Å². The monoisotopic (exact) mass is 337 g/mol. The van der Waals surface area contributed by atoms with Crippen molar-refractivity contribution < 1.29 is 9.15 Å². The number of imidazole rings is 1. The molecule has 2 aromatic heterocycles. The van der Waals surface area contributed by atoms with Crippen molar-refractivity contribution in [2.75, 3.05) is 11.9 Å². The van der Waals surface area contributed by atoms with Gasteiger partial charge in [0.05, 0.1) is 6.33 Å². The van der Waals surface area contributed by atoms with E-state index in [1.165, 1.54) is 0 Å². The second-order valence-corrected chi connectivity index (χ2v) is 5.53. The van der Waals surface area contributed by atoms with Crippen LogP contribution in [0.25, 0.3) is 0 Å². The Balaban J connectivity index is 1.54. The number of anilines is 1. The van der Waals surface area contributed by atoms with E-state index in [2.05, 4.69) is 15.3 Å². The summed E-state index contributed by atoms with van der Waals surface area (Å²) in [5, 5.41) is 12.3. The van der Waals surface area contributed by atoms with Crippen molar-refractivity contribution >= 4 is 5.88 Å². The Labute approximate surface area is 145 Å². The lowest BCUT2D eigenvalue weighted by Gasteiger charge is -2.06. The molecule has 0 fully saturated rings. The molecule has 128 valence electrons. The van der Waals surface area contributed by atoms with E-state index in [1.807, 2.05) is 48.0 Å². The van der Waals surface area contributed by atoms with Crippen LogP contribution < -0.4 is 10.1 Å². The maximum Gasteiger partial charge on any atom is 0.236 e. The Kier molecular flexibility index (Phi) is 5.32. The summed E-state index contributed by atoms with van der Waals surface area (Å²) < 4.78 is 13.3. The highest BCUT2D eigenvalue weighted by molar-refractivity contribution is 5.45. The molecule has 0 atom stereocenters. The average Bonchev–Trinajstić information content (AvgIpc) is 3.27. The lowest BCUT2D eigenvalue weighted by atomic mass is 10.2. The Morgan fingerprint density at radius 3 is 3.00 bits per heavy atom. The van der Waals surface area contributed by atoms with Crippen molar-refractivity contribution in [3.05, 3.63) is 60.1 Å². The number of benzene rings is 1. The van der Waals surface area contributed by atoms with E-state index in [0.717, 1.165) is 24.3 Å². The van der Waals surface area contributed by atoms with Gasteiger partial charge in [0.1, 0.15) is 11.8 Å². The number of aromatic nitrogens is 3. The summed E-state index contributed by atoms with van der Waals surface area (Å²) in [5.41, 5.74) is 1.28. The molecule has 0 spiro atoms. The topological polar surface area (TPSA) is 88.9 Å². The number of oxazole rings is 1. The van der Waals surface area contributed by atoms with Crippen LogP contribution in [0.5, 0.6) is 5.75 Å². The zero-order valence-electron chi connectivity index (χ0n) is 14.0. The number of hydrogen-bond acceptors (Lipinski definition) is 6. The smallest absolute Gasteiger partial charge is 0.236 e. The number of nitriles is 1. The molecule has 1 N–H and O–H groups in total. The first-order valence-electron chi connectivity index (χ1n) is 8.04. The number of para-hydroxylation sites is 1. The highest BCUT2D eigenvalue weighted by Gasteiger charge is 2.13. The summed E-state index contributed by atoms with van der Waals surface area (Å²) in [6, 6.07) is 9.76. The summed E-state index contributed by atoms with van der Waals surface area (Å²) in [6.45, 7) is 3.65. The van der Waals surface area contributed by atoms with Gasteiger partial charge >= 0.3 is 0 Å². The first-order chi connectivity index (χ1) is 12.3. The van der Waals surface area contributed by atoms with Crippen LogP contribution in [0.3, 0.4) is 0 Å². The van der Waals surface area contributed by atoms with Crippen LogP contribution in [-0.2, 0) is 13.2 Å². The van der Waals surface area contributed by atoms with Crippen LogP contribution in [0, 0.1) is 18.3 Å². The van der Waals surface area contributed by atoms with Gasteiger partial charge in [0.2, 0.25) is 17.5 Å². The van der Waals surface area contributed by atoms with Crippen molar-refractivity contribution in [2.45, 2.75) is 26.5 Å². The van der Waals surface area contributed by atoms with Crippen molar-refractivity contribution in [3.63, 3.8) is 0 Å². The highest BCUT2D eigenvalue weighted by Crippen LogP contribution is 2.20. The molecule has 2 heterocycles. The molecular formula is C18H19N5O2. The maximum absolute atomic E-state index is 9.20. The summed E-state index contributed by atoms with van der Waals surface area (Å²) in [6.07, 6.45) is 6.31. The predicted molar refractivity (Wildman–Crippen MR) is 92.1 cm³/mol. The lowest BCUT2D eigenvalue weighted by Crippen LogP contribution is -2.06. The molecule has 0 saturated heterocycles. The zero-order valence-corrected chi connectivity index (χ0v) is 14.0. The van der Waals surface area contributed by atoms with Gasteiger partial charge in [0.15, 0.2) is 6.61 Å². The third kappa shape index (κ3) is 4.38. The van der Waals surface area contributed by atoms with Crippen molar-refractivity contribution in [1.29, 1.82) is 5.26 Å². The third-order valence-electron chi connectivity index (χ3n) is 3.66. The number of aryl methyl sites for hydroxylation is 2. The van der Waals surface area contributed by atoms with E-state index in [9.17, 15) is 5.26 Å². The van der Waals surface area contributed by atoms with Crippen molar-refractivity contribution in [2.24, 2.45) is 0 Å². The number of rotatable bonds is 8. The average molecular weight is 337 g/mol. The number of ether oxygens (including phenoxy) is 1. The fraction of sp³-hybridized carbons (Fsp3) is 0.278. The van der Waals surface area contributed by atoms with Crippen LogP contribution in [0.4, 0.5) is 5.88 Å². The summed E-state index contributed by atoms with van der Waals surface area (Å²) in [4.78, 5) is 8.17. The predicted octanol–water partition coefficient (Wildman–Crippen LogP) is 3.13. The van der Waals surface area contributed by atoms with Crippen LogP contribution in [-0.4, -0.2) is 21.1 Å². The molecule has 0 aliphatic rings. The van der Waals surface area contributed by atoms with E-state index in [-0.39, 0.29) is 12.3 Å². The molecular weight excluding hydrogens is 318 g/mol. The molecule has 0 saturated carbocycles. The van der Waals surface area contributed by atoms with Gasteiger partial charge in [-0.05, 0) is 25.0 Å². The molecule has 0 bridgehead atoms. The van der Waals surface area contributed by atoms with Crippen LogP contribution in [0.1, 0.15) is 23.6 Å². The fourth-order valence-electron chi connectivity index (χ4n) is 2.36. The zero-order chi connectivity index (χ0) is 17.5. The van der Waals surface area contributed by atoms with E-state index in [4.69, 9.17) is 9.15 Å². The molecule has 1 aromatic carbocycles. The van der Waals surface area contributed by atoms with Crippen molar-refractivity contribution in [1.82, 2.24) is 14.5 Å². The molecule has 0 unspecified atom stereocenters.